The predicted molar refractivity (Wildman–Crippen MR) is 109 cm³/mol. The number of rotatable bonds is 10. The molecular weight excluding hydrogens is 336 g/mol. The summed E-state index contributed by atoms with van der Waals surface area (Å²) < 4.78 is 0. The van der Waals surface area contributed by atoms with Crippen molar-refractivity contribution < 1.29 is 9.59 Å². The normalized spacial score (nSPS) is 13.5. The number of hydrogen-bond acceptors (Lipinski definition) is 3. The van der Waals surface area contributed by atoms with Crippen molar-refractivity contribution in [2.45, 2.75) is 46.3 Å². The Morgan fingerprint density at radius 3 is 1.67 bits per heavy atom. The number of carbonyl (C=O) groups is 2. The number of hydrogen-bond donors (Lipinski definition) is 1. The molecule has 0 bridgehead atoms. The van der Waals surface area contributed by atoms with E-state index in [2.05, 4.69) is 43.0 Å². The van der Waals surface area contributed by atoms with E-state index in [-0.39, 0.29) is 24.2 Å². The molecule has 27 heavy (non-hydrogen) atoms. The lowest BCUT2D eigenvalue weighted by Crippen LogP contribution is -2.45. The summed E-state index contributed by atoms with van der Waals surface area (Å²) in [4.78, 5) is 26.7. The van der Waals surface area contributed by atoms with Gasteiger partial charge in [-0.2, -0.15) is 0 Å². The van der Waals surface area contributed by atoms with Gasteiger partial charge in [0.15, 0.2) is 5.78 Å². The van der Waals surface area contributed by atoms with Crippen molar-refractivity contribution in [2.75, 3.05) is 0 Å². The monoisotopic (exact) mass is 366 g/mol. The second kappa shape index (κ2) is 10.0. The minimum atomic E-state index is -0.450. The van der Waals surface area contributed by atoms with E-state index in [1.807, 2.05) is 36.4 Å². The highest BCUT2D eigenvalue weighted by molar-refractivity contribution is 5.89. The first-order valence-corrected chi connectivity index (χ1v) is 9.52. The lowest BCUT2D eigenvalue weighted by Gasteiger charge is -2.34. The van der Waals surface area contributed by atoms with Crippen LogP contribution in [0.2, 0.25) is 0 Å². The molecule has 2 rings (SSSR count). The van der Waals surface area contributed by atoms with Crippen molar-refractivity contribution in [1.82, 2.24) is 4.90 Å². The van der Waals surface area contributed by atoms with Crippen LogP contribution in [-0.2, 0) is 22.7 Å². The largest absolute Gasteiger partial charge is 0.369 e. The maximum Gasteiger partial charge on any atom is 0.220 e. The molecule has 0 aliphatic rings. The highest BCUT2D eigenvalue weighted by atomic mass is 16.1. The Bertz CT molecular complexity index is 687. The molecule has 0 unspecified atom stereocenters. The molecule has 2 N–H and O–H groups in total. The van der Waals surface area contributed by atoms with Crippen molar-refractivity contribution in [1.29, 1.82) is 0 Å². The molecule has 1 amide bonds. The van der Waals surface area contributed by atoms with Crippen LogP contribution in [0.5, 0.6) is 0 Å². The van der Waals surface area contributed by atoms with Crippen molar-refractivity contribution in [3.63, 3.8) is 0 Å². The van der Waals surface area contributed by atoms with Gasteiger partial charge in [-0.05, 0) is 17.0 Å². The molecule has 0 radical (unpaired) electrons. The molecule has 0 aliphatic heterocycles. The van der Waals surface area contributed by atoms with Gasteiger partial charge in [0.05, 0.1) is 6.04 Å². The molecule has 0 saturated carbocycles. The zero-order valence-corrected chi connectivity index (χ0v) is 16.5. The summed E-state index contributed by atoms with van der Waals surface area (Å²) >= 11 is 0. The third kappa shape index (κ3) is 6.33. The van der Waals surface area contributed by atoms with E-state index in [0.29, 0.717) is 13.1 Å². The minimum Gasteiger partial charge on any atom is -0.369 e. The standard InChI is InChI=1S/C23H30N2O2/c1-17(2)22(21(26)14-18(3)23(24)27)25(15-19-10-6-4-7-11-19)16-20-12-8-5-9-13-20/h4-13,17-18,22H,14-16H2,1-3H3,(H2,24,27)/t18-,22-/m0/s1. The Labute approximate surface area is 162 Å². The number of ketones is 1. The minimum absolute atomic E-state index is 0.0724. The Morgan fingerprint density at radius 2 is 1.30 bits per heavy atom. The van der Waals surface area contributed by atoms with Gasteiger partial charge < -0.3 is 5.73 Å². The molecule has 0 fully saturated rings. The van der Waals surface area contributed by atoms with Crippen molar-refractivity contribution in [3.8, 4) is 0 Å². The summed E-state index contributed by atoms with van der Waals surface area (Å²) in [5.74, 6) is -0.675. The van der Waals surface area contributed by atoms with Crippen LogP contribution >= 0.6 is 0 Å². The first kappa shape index (κ1) is 20.8. The van der Waals surface area contributed by atoms with Gasteiger partial charge in [0.25, 0.3) is 0 Å². The lowest BCUT2D eigenvalue weighted by molar-refractivity contribution is -0.131. The maximum atomic E-state index is 13.1. The summed E-state index contributed by atoms with van der Waals surface area (Å²) in [6, 6.07) is 20.1. The third-order valence-electron chi connectivity index (χ3n) is 4.80. The summed E-state index contributed by atoms with van der Waals surface area (Å²) in [5, 5.41) is 0. The predicted octanol–water partition coefficient (Wildman–Crippen LogP) is 3.79. The molecule has 4 nitrogen and oxygen atoms in total. The third-order valence-corrected chi connectivity index (χ3v) is 4.80. The Balaban J connectivity index is 2.28. The number of nitrogens with zero attached hydrogens (tertiary/aromatic N) is 1. The van der Waals surface area contributed by atoms with E-state index >= 15 is 0 Å². The van der Waals surface area contributed by atoms with E-state index in [9.17, 15) is 9.59 Å². The first-order valence-electron chi connectivity index (χ1n) is 9.52. The van der Waals surface area contributed by atoms with Crippen LogP contribution in [0.1, 0.15) is 38.3 Å². The first-order chi connectivity index (χ1) is 12.9. The smallest absolute Gasteiger partial charge is 0.220 e. The van der Waals surface area contributed by atoms with Crippen molar-refractivity contribution in [3.05, 3.63) is 71.8 Å². The molecule has 0 saturated heterocycles. The molecule has 0 heterocycles. The summed E-state index contributed by atoms with van der Waals surface area (Å²) in [6.45, 7) is 7.18. The fourth-order valence-electron chi connectivity index (χ4n) is 3.41. The zero-order chi connectivity index (χ0) is 19.8. The summed E-state index contributed by atoms with van der Waals surface area (Å²) in [7, 11) is 0. The van der Waals surface area contributed by atoms with Crippen LogP contribution in [0.4, 0.5) is 0 Å². The molecule has 0 spiro atoms. The Kier molecular flexibility index (Phi) is 7.74. The van der Waals surface area contributed by atoms with Gasteiger partial charge in [-0.3, -0.25) is 14.5 Å². The summed E-state index contributed by atoms with van der Waals surface area (Å²) in [5.41, 5.74) is 7.70. The van der Waals surface area contributed by atoms with Crippen molar-refractivity contribution >= 4 is 11.7 Å². The molecule has 0 aliphatic carbocycles. The number of carbonyl (C=O) groups excluding carboxylic acids is 2. The van der Waals surface area contributed by atoms with Gasteiger partial charge in [-0.25, -0.2) is 0 Å². The highest BCUT2D eigenvalue weighted by Crippen LogP contribution is 2.21. The van der Waals surface area contributed by atoms with Gasteiger partial charge in [-0.15, -0.1) is 0 Å². The van der Waals surface area contributed by atoms with Crippen molar-refractivity contribution in [2.24, 2.45) is 17.6 Å². The van der Waals surface area contributed by atoms with E-state index < -0.39 is 11.8 Å². The molecule has 2 aromatic rings. The van der Waals surface area contributed by atoms with Gasteiger partial charge >= 0.3 is 0 Å². The number of benzene rings is 2. The molecule has 144 valence electrons. The Hall–Kier alpha value is -2.46. The quantitative estimate of drug-likeness (QED) is 0.696. The van der Waals surface area contributed by atoms with E-state index in [4.69, 9.17) is 5.73 Å². The molecule has 0 aromatic heterocycles. The van der Waals surface area contributed by atoms with Gasteiger partial charge in [0.1, 0.15) is 0 Å². The lowest BCUT2D eigenvalue weighted by atomic mass is 9.91. The van der Waals surface area contributed by atoms with Crippen LogP contribution < -0.4 is 5.73 Å². The highest BCUT2D eigenvalue weighted by Gasteiger charge is 2.30. The summed E-state index contributed by atoms with van der Waals surface area (Å²) in [6.07, 6.45) is 0.179. The number of amides is 1. The van der Waals surface area contributed by atoms with Crippen LogP contribution in [0.15, 0.2) is 60.7 Å². The number of Topliss-reactive ketones (excluding diaryl/α,β-unsaturated/α-hetero) is 1. The van der Waals surface area contributed by atoms with Crippen LogP contribution in [0, 0.1) is 11.8 Å². The average molecular weight is 367 g/mol. The van der Waals surface area contributed by atoms with E-state index in [1.54, 1.807) is 6.92 Å². The van der Waals surface area contributed by atoms with Gasteiger partial charge in [0, 0.05) is 25.4 Å². The van der Waals surface area contributed by atoms with Crippen LogP contribution in [0.3, 0.4) is 0 Å². The van der Waals surface area contributed by atoms with Gasteiger partial charge in [0.2, 0.25) is 5.91 Å². The SMILES string of the molecule is CC(C)[C@@H](C(=O)C[C@H](C)C(N)=O)N(Cc1ccccc1)Cc1ccccc1. The molecule has 2 aromatic carbocycles. The topological polar surface area (TPSA) is 63.4 Å². The van der Waals surface area contributed by atoms with Gasteiger partial charge in [-0.1, -0.05) is 81.4 Å². The molecule has 2 atom stereocenters. The zero-order valence-electron chi connectivity index (χ0n) is 16.5. The fraction of sp³-hybridized carbons (Fsp3) is 0.391. The second-order valence-corrected chi connectivity index (χ2v) is 7.54. The molecular formula is C23H30N2O2. The fourth-order valence-corrected chi connectivity index (χ4v) is 3.41. The van der Waals surface area contributed by atoms with Crippen LogP contribution in [-0.4, -0.2) is 22.6 Å². The van der Waals surface area contributed by atoms with Crippen LogP contribution in [0.25, 0.3) is 0 Å². The maximum absolute atomic E-state index is 13.1. The molecule has 4 heteroatoms. The number of primary amides is 1. The average Bonchev–Trinajstić information content (AvgIpc) is 2.63. The Morgan fingerprint density at radius 1 is 0.852 bits per heavy atom. The van der Waals surface area contributed by atoms with E-state index in [1.165, 1.54) is 0 Å². The number of nitrogens with two attached hydrogens (primary N) is 1. The second-order valence-electron chi connectivity index (χ2n) is 7.54. The van der Waals surface area contributed by atoms with E-state index in [0.717, 1.165) is 11.1 Å².